The number of ether oxygens (including phenoxy) is 2. The van der Waals surface area contributed by atoms with Crippen molar-refractivity contribution in [1.82, 2.24) is 5.16 Å². The Hall–Kier alpha value is -2.37. The average molecular weight is 289 g/mol. The first kappa shape index (κ1) is 13.6. The van der Waals surface area contributed by atoms with Gasteiger partial charge in [0.05, 0.1) is 25.5 Å². The Bertz CT molecular complexity index is 633. The van der Waals surface area contributed by atoms with Gasteiger partial charge in [-0.25, -0.2) is 0 Å². The van der Waals surface area contributed by atoms with Crippen molar-refractivity contribution in [3.8, 4) is 22.8 Å². The molecule has 0 radical (unpaired) electrons. The topological polar surface area (TPSA) is 73.8 Å². The zero-order chi connectivity index (χ0) is 14.8. The summed E-state index contributed by atoms with van der Waals surface area (Å²) in [6, 6.07) is 5.57. The van der Waals surface area contributed by atoms with Crippen molar-refractivity contribution >= 4 is 11.5 Å². The third kappa shape index (κ3) is 2.49. The molecule has 2 heterocycles. The summed E-state index contributed by atoms with van der Waals surface area (Å²) in [6.07, 6.45) is 2.40. The van der Waals surface area contributed by atoms with E-state index < -0.39 is 0 Å². The first-order valence-corrected chi connectivity index (χ1v) is 6.96. The van der Waals surface area contributed by atoms with Crippen molar-refractivity contribution in [2.24, 2.45) is 0 Å². The molecule has 1 aliphatic heterocycles. The number of aromatic nitrogens is 1. The zero-order valence-corrected chi connectivity index (χ0v) is 12.3. The van der Waals surface area contributed by atoms with Crippen LogP contribution >= 0.6 is 0 Å². The molecule has 1 aromatic heterocycles. The van der Waals surface area contributed by atoms with Gasteiger partial charge in [-0.3, -0.25) is 0 Å². The average Bonchev–Trinajstić information content (AvgIpc) is 3.17. The van der Waals surface area contributed by atoms with E-state index in [0.29, 0.717) is 17.3 Å². The molecule has 1 fully saturated rings. The number of nitrogens with zero attached hydrogens (tertiary/aromatic N) is 2. The summed E-state index contributed by atoms with van der Waals surface area (Å²) in [5.41, 5.74) is 7.45. The van der Waals surface area contributed by atoms with Crippen LogP contribution in [0.2, 0.25) is 0 Å². The quantitative estimate of drug-likeness (QED) is 0.932. The molecule has 2 N–H and O–H groups in total. The van der Waals surface area contributed by atoms with Gasteiger partial charge in [-0.05, 0) is 18.9 Å². The lowest BCUT2D eigenvalue weighted by Gasteiger charge is -2.22. The van der Waals surface area contributed by atoms with Gasteiger partial charge in [0, 0.05) is 25.2 Å². The molecule has 0 unspecified atom stereocenters. The van der Waals surface area contributed by atoms with Crippen molar-refractivity contribution in [3.05, 3.63) is 18.2 Å². The second-order valence-corrected chi connectivity index (χ2v) is 5.03. The van der Waals surface area contributed by atoms with E-state index in [1.54, 1.807) is 20.3 Å². The molecule has 1 aromatic carbocycles. The van der Waals surface area contributed by atoms with Crippen molar-refractivity contribution in [3.63, 3.8) is 0 Å². The van der Waals surface area contributed by atoms with Gasteiger partial charge in [0.15, 0.2) is 11.6 Å². The van der Waals surface area contributed by atoms with E-state index in [-0.39, 0.29) is 0 Å². The molecule has 0 bridgehead atoms. The minimum atomic E-state index is 0.342. The SMILES string of the molecule is COc1cc(N2CCCC2)c(OC)cc1-c1cc(N)no1. The van der Waals surface area contributed by atoms with Crippen LogP contribution in [0.5, 0.6) is 11.5 Å². The molecule has 112 valence electrons. The fourth-order valence-corrected chi connectivity index (χ4v) is 2.70. The van der Waals surface area contributed by atoms with E-state index in [4.69, 9.17) is 19.7 Å². The number of anilines is 2. The van der Waals surface area contributed by atoms with E-state index in [2.05, 4.69) is 10.1 Å². The monoisotopic (exact) mass is 289 g/mol. The van der Waals surface area contributed by atoms with Crippen LogP contribution in [-0.4, -0.2) is 32.5 Å². The highest BCUT2D eigenvalue weighted by molar-refractivity contribution is 5.76. The molecule has 0 aliphatic carbocycles. The fourth-order valence-electron chi connectivity index (χ4n) is 2.70. The number of methoxy groups -OCH3 is 2. The maximum Gasteiger partial charge on any atom is 0.172 e. The molecule has 0 atom stereocenters. The van der Waals surface area contributed by atoms with Crippen molar-refractivity contribution in [2.45, 2.75) is 12.8 Å². The largest absolute Gasteiger partial charge is 0.496 e. The lowest BCUT2D eigenvalue weighted by Crippen LogP contribution is -2.18. The lowest BCUT2D eigenvalue weighted by atomic mass is 10.1. The second kappa shape index (κ2) is 5.55. The maximum atomic E-state index is 5.62. The predicted octanol–water partition coefficient (Wildman–Crippen LogP) is 2.54. The van der Waals surface area contributed by atoms with E-state index >= 15 is 0 Å². The van der Waals surface area contributed by atoms with E-state index in [0.717, 1.165) is 30.1 Å². The number of nitrogens with two attached hydrogens (primary N) is 1. The number of nitrogen functional groups attached to an aromatic ring is 1. The first-order valence-electron chi connectivity index (χ1n) is 6.96. The summed E-state index contributed by atoms with van der Waals surface area (Å²) >= 11 is 0. The number of benzene rings is 1. The normalized spacial score (nSPS) is 14.5. The Morgan fingerprint density at radius 3 is 2.38 bits per heavy atom. The molecule has 0 saturated carbocycles. The molecule has 2 aromatic rings. The summed E-state index contributed by atoms with van der Waals surface area (Å²) in [6.45, 7) is 2.07. The molecule has 1 saturated heterocycles. The van der Waals surface area contributed by atoms with Gasteiger partial charge in [0.25, 0.3) is 0 Å². The van der Waals surface area contributed by atoms with Crippen molar-refractivity contribution < 1.29 is 14.0 Å². The van der Waals surface area contributed by atoms with Crippen LogP contribution < -0.4 is 20.1 Å². The lowest BCUT2D eigenvalue weighted by molar-refractivity contribution is 0.398. The van der Waals surface area contributed by atoms with Gasteiger partial charge >= 0.3 is 0 Å². The highest BCUT2D eigenvalue weighted by atomic mass is 16.5. The van der Waals surface area contributed by atoms with Crippen LogP contribution in [-0.2, 0) is 0 Å². The molecule has 0 spiro atoms. The number of rotatable bonds is 4. The van der Waals surface area contributed by atoms with Gasteiger partial charge in [0.2, 0.25) is 0 Å². The number of hydrogen-bond donors (Lipinski definition) is 1. The van der Waals surface area contributed by atoms with Crippen LogP contribution in [0, 0.1) is 0 Å². The van der Waals surface area contributed by atoms with Crippen molar-refractivity contribution in [2.75, 3.05) is 37.9 Å². The van der Waals surface area contributed by atoms with E-state index in [1.807, 2.05) is 12.1 Å². The number of hydrogen-bond acceptors (Lipinski definition) is 6. The van der Waals surface area contributed by atoms with Gasteiger partial charge < -0.3 is 24.6 Å². The molecule has 3 rings (SSSR count). The highest BCUT2D eigenvalue weighted by Gasteiger charge is 2.21. The van der Waals surface area contributed by atoms with Crippen molar-refractivity contribution in [1.29, 1.82) is 0 Å². The Morgan fingerprint density at radius 1 is 1.10 bits per heavy atom. The summed E-state index contributed by atoms with van der Waals surface area (Å²) in [7, 11) is 3.30. The molecular weight excluding hydrogens is 270 g/mol. The third-order valence-electron chi connectivity index (χ3n) is 3.74. The third-order valence-corrected chi connectivity index (χ3v) is 3.74. The van der Waals surface area contributed by atoms with Crippen LogP contribution in [0.25, 0.3) is 11.3 Å². The first-order chi connectivity index (χ1) is 10.2. The molecule has 21 heavy (non-hydrogen) atoms. The van der Waals surface area contributed by atoms with Gasteiger partial charge in [-0.2, -0.15) is 0 Å². The summed E-state index contributed by atoms with van der Waals surface area (Å²) < 4.78 is 16.3. The predicted molar refractivity (Wildman–Crippen MR) is 80.9 cm³/mol. The zero-order valence-electron chi connectivity index (χ0n) is 12.3. The minimum absolute atomic E-state index is 0.342. The minimum Gasteiger partial charge on any atom is -0.496 e. The van der Waals surface area contributed by atoms with Crippen LogP contribution in [0.15, 0.2) is 22.7 Å². The molecule has 6 nitrogen and oxygen atoms in total. The molecular formula is C15H19N3O3. The van der Waals surface area contributed by atoms with Crippen LogP contribution in [0.1, 0.15) is 12.8 Å². The summed E-state index contributed by atoms with van der Waals surface area (Å²) in [4.78, 5) is 2.31. The van der Waals surface area contributed by atoms with E-state index in [9.17, 15) is 0 Å². The Kier molecular flexibility index (Phi) is 3.60. The van der Waals surface area contributed by atoms with Gasteiger partial charge in [-0.15, -0.1) is 0 Å². The molecule has 6 heteroatoms. The summed E-state index contributed by atoms with van der Waals surface area (Å²) in [5, 5.41) is 3.72. The highest BCUT2D eigenvalue weighted by Crippen LogP contribution is 2.41. The Labute approximate surface area is 123 Å². The maximum absolute atomic E-state index is 5.62. The standard InChI is InChI=1S/C15H19N3O3/c1-19-12-8-11(18-5-3-4-6-18)14(20-2)7-10(12)13-9-15(16)17-21-13/h7-9H,3-6H2,1-2H3,(H2,16,17). The van der Waals surface area contributed by atoms with Gasteiger partial charge in [0.1, 0.15) is 11.5 Å². The summed E-state index contributed by atoms with van der Waals surface area (Å²) in [5.74, 6) is 2.42. The Morgan fingerprint density at radius 2 is 1.81 bits per heavy atom. The second-order valence-electron chi connectivity index (χ2n) is 5.03. The smallest absolute Gasteiger partial charge is 0.172 e. The fraction of sp³-hybridized carbons (Fsp3) is 0.400. The van der Waals surface area contributed by atoms with Gasteiger partial charge in [-0.1, -0.05) is 5.16 Å². The molecule has 1 aliphatic rings. The van der Waals surface area contributed by atoms with Crippen LogP contribution in [0.3, 0.4) is 0 Å². The van der Waals surface area contributed by atoms with E-state index in [1.165, 1.54) is 12.8 Å². The Balaban J connectivity index is 2.08. The van der Waals surface area contributed by atoms with Crippen LogP contribution in [0.4, 0.5) is 11.5 Å². The molecule has 0 amide bonds.